The fourth-order valence-electron chi connectivity index (χ4n) is 1.24. The molecule has 6 heteroatoms. The molecule has 0 saturated carbocycles. The summed E-state index contributed by atoms with van der Waals surface area (Å²) in [5.41, 5.74) is 5.63. The van der Waals surface area contributed by atoms with Crippen LogP contribution in [0.3, 0.4) is 0 Å². The van der Waals surface area contributed by atoms with E-state index >= 15 is 0 Å². The van der Waals surface area contributed by atoms with E-state index in [0.29, 0.717) is 0 Å². The fourth-order valence-corrected chi connectivity index (χ4v) is 1.24. The van der Waals surface area contributed by atoms with Crippen molar-refractivity contribution in [2.24, 2.45) is 0 Å². The minimum atomic E-state index is -0.737. The number of ether oxygens (including phenoxy) is 1. The molecule has 0 aromatic heterocycles. The lowest BCUT2D eigenvalue weighted by Crippen LogP contribution is -2.23. The Labute approximate surface area is 104 Å². The van der Waals surface area contributed by atoms with Crippen LogP contribution >= 0.6 is 0 Å². The number of hydrogen-bond acceptors (Lipinski definition) is 4. The van der Waals surface area contributed by atoms with Gasteiger partial charge in [-0.05, 0) is 18.2 Å². The summed E-state index contributed by atoms with van der Waals surface area (Å²) < 4.78 is 17.8. The number of rotatable bonds is 4. The average Bonchev–Trinajstić information content (AvgIpc) is 2.31. The minimum Gasteiger partial charge on any atom is -0.461 e. The third-order valence-electron chi connectivity index (χ3n) is 2.28. The van der Waals surface area contributed by atoms with Gasteiger partial charge in [0, 0.05) is 19.8 Å². The molecule has 0 unspecified atom stereocenters. The highest BCUT2D eigenvalue weighted by atomic mass is 19.1. The van der Waals surface area contributed by atoms with E-state index in [1.54, 1.807) is 14.1 Å². The largest absolute Gasteiger partial charge is 0.461 e. The van der Waals surface area contributed by atoms with Crippen LogP contribution in [-0.2, 0) is 9.53 Å². The zero-order chi connectivity index (χ0) is 13.7. The van der Waals surface area contributed by atoms with E-state index in [0.717, 1.165) is 12.1 Å². The molecule has 0 aliphatic heterocycles. The van der Waals surface area contributed by atoms with Crippen LogP contribution < -0.4 is 5.73 Å². The van der Waals surface area contributed by atoms with Gasteiger partial charge in [0.15, 0.2) is 0 Å². The molecule has 0 atom stereocenters. The summed E-state index contributed by atoms with van der Waals surface area (Å²) in [5.74, 6) is -1.46. The van der Waals surface area contributed by atoms with Crippen molar-refractivity contribution in [2.75, 3.05) is 26.4 Å². The van der Waals surface area contributed by atoms with E-state index in [1.165, 1.54) is 11.0 Å². The number of carbonyl (C=O) groups excluding carboxylic acids is 2. The second-order valence-electron chi connectivity index (χ2n) is 3.91. The number of nitrogens with zero attached hydrogens (tertiary/aromatic N) is 1. The summed E-state index contributed by atoms with van der Waals surface area (Å²) in [6.45, 7) is -0.0637. The van der Waals surface area contributed by atoms with E-state index in [9.17, 15) is 14.0 Å². The highest BCUT2D eigenvalue weighted by molar-refractivity contribution is 5.95. The second kappa shape index (κ2) is 6.00. The topological polar surface area (TPSA) is 72.6 Å². The van der Waals surface area contributed by atoms with Crippen LogP contribution in [0.1, 0.15) is 16.8 Å². The van der Waals surface area contributed by atoms with Crippen LogP contribution in [0, 0.1) is 5.82 Å². The Kier molecular flexibility index (Phi) is 4.65. The molecular weight excluding hydrogens is 239 g/mol. The molecule has 0 heterocycles. The molecule has 0 fully saturated rings. The van der Waals surface area contributed by atoms with Gasteiger partial charge in [-0.3, -0.25) is 4.79 Å². The van der Waals surface area contributed by atoms with Crippen LogP contribution in [0.4, 0.5) is 10.1 Å². The lowest BCUT2D eigenvalue weighted by atomic mass is 10.2. The zero-order valence-corrected chi connectivity index (χ0v) is 10.3. The summed E-state index contributed by atoms with van der Waals surface area (Å²) in [4.78, 5) is 24.2. The summed E-state index contributed by atoms with van der Waals surface area (Å²) in [5, 5.41) is 0. The maximum absolute atomic E-state index is 12.9. The molecule has 0 spiro atoms. The minimum absolute atomic E-state index is 0.0349. The average molecular weight is 254 g/mol. The van der Waals surface area contributed by atoms with Crippen molar-refractivity contribution in [1.82, 2.24) is 4.90 Å². The highest BCUT2D eigenvalue weighted by Gasteiger charge is 2.13. The van der Waals surface area contributed by atoms with Crippen molar-refractivity contribution in [1.29, 1.82) is 0 Å². The molecule has 98 valence electrons. The molecule has 2 N–H and O–H groups in total. The SMILES string of the molecule is CN(C)C(=O)CCOC(=O)c1cc(F)ccc1N. The molecule has 1 aromatic carbocycles. The molecule has 1 rings (SSSR count). The maximum Gasteiger partial charge on any atom is 0.340 e. The number of nitrogen functional groups attached to an aromatic ring is 1. The first-order chi connectivity index (χ1) is 8.41. The number of amides is 1. The third kappa shape index (κ3) is 3.73. The monoisotopic (exact) mass is 254 g/mol. The molecule has 0 aliphatic carbocycles. The number of carbonyl (C=O) groups is 2. The maximum atomic E-state index is 12.9. The number of anilines is 1. The zero-order valence-electron chi connectivity index (χ0n) is 10.3. The van der Waals surface area contributed by atoms with Gasteiger partial charge in [-0.2, -0.15) is 0 Å². The lowest BCUT2D eigenvalue weighted by molar-refractivity contribution is -0.129. The molecule has 0 saturated heterocycles. The molecule has 1 aromatic rings. The Morgan fingerprint density at radius 3 is 2.67 bits per heavy atom. The molecular formula is C12H15FN2O3. The standard InChI is InChI=1S/C12H15FN2O3/c1-15(2)11(16)5-6-18-12(17)9-7-8(13)3-4-10(9)14/h3-4,7H,5-6,14H2,1-2H3. The van der Waals surface area contributed by atoms with Gasteiger partial charge in [-0.15, -0.1) is 0 Å². The van der Waals surface area contributed by atoms with Gasteiger partial charge in [0.05, 0.1) is 12.0 Å². The van der Waals surface area contributed by atoms with E-state index in [-0.39, 0.29) is 30.2 Å². The quantitative estimate of drug-likeness (QED) is 0.643. The van der Waals surface area contributed by atoms with Gasteiger partial charge in [0.25, 0.3) is 0 Å². The number of halogens is 1. The van der Waals surface area contributed by atoms with Gasteiger partial charge >= 0.3 is 5.97 Å². The van der Waals surface area contributed by atoms with Crippen molar-refractivity contribution in [3.05, 3.63) is 29.6 Å². The Bertz CT molecular complexity index is 461. The van der Waals surface area contributed by atoms with Crippen LogP contribution in [0.5, 0.6) is 0 Å². The summed E-state index contributed by atoms with van der Waals surface area (Å²) >= 11 is 0. The number of esters is 1. The fraction of sp³-hybridized carbons (Fsp3) is 0.333. The first kappa shape index (κ1) is 14.0. The summed E-state index contributed by atoms with van der Waals surface area (Å²) in [7, 11) is 3.21. The Morgan fingerprint density at radius 1 is 1.39 bits per heavy atom. The first-order valence-electron chi connectivity index (χ1n) is 5.34. The van der Waals surface area contributed by atoms with E-state index in [1.807, 2.05) is 0 Å². The van der Waals surface area contributed by atoms with Gasteiger partial charge in [-0.25, -0.2) is 9.18 Å². The second-order valence-corrected chi connectivity index (χ2v) is 3.91. The van der Waals surface area contributed by atoms with Crippen LogP contribution in [0.15, 0.2) is 18.2 Å². The van der Waals surface area contributed by atoms with Gasteiger partial charge in [-0.1, -0.05) is 0 Å². The van der Waals surface area contributed by atoms with Crippen molar-refractivity contribution in [3.63, 3.8) is 0 Å². The normalized spacial score (nSPS) is 9.94. The first-order valence-corrected chi connectivity index (χ1v) is 5.34. The van der Waals surface area contributed by atoms with Gasteiger partial charge < -0.3 is 15.4 Å². The predicted molar refractivity (Wildman–Crippen MR) is 64.4 cm³/mol. The number of hydrogen-bond donors (Lipinski definition) is 1. The Balaban J connectivity index is 2.56. The van der Waals surface area contributed by atoms with E-state index < -0.39 is 11.8 Å². The van der Waals surface area contributed by atoms with Crippen molar-refractivity contribution >= 4 is 17.6 Å². The van der Waals surface area contributed by atoms with E-state index in [4.69, 9.17) is 10.5 Å². The summed E-state index contributed by atoms with van der Waals surface area (Å²) in [6.07, 6.45) is 0.0773. The number of benzene rings is 1. The predicted octanol–water partition coefficient (Wildman–Crippen LogP) is 1.04. The van der Waals surface area contributed by atoms with E-state index in [2.05, 4.69) is 0 Å². The number of nitrogens with two attached hydrogens (primary N) is 1. The molecule has 18 heavy (non-hydrogen) atoms. The highest BCUT2D eigenvalue weighted by Crippen LogP contribution is 2.14. The third-order valence-corrected chi connectivity index (χ3v) is 2.28. The Morgan fingerprint density at radius 2 is 2.06 bits per heavy atom. The molecule has 0 bridgehead atoms. The van der Waals surface area contributed by atoms with Gasteiger partial charge in [0.1, 0.15) is 12.4 Å². The van der Waals surface area contributed by atoms with Crippen LogP contribution in [0.2, 0.25) is 0 Å². The smallest absolute Gasteiger partial charge is 0.340 e. The van der Waals surface area contributed by atoms with Crippen molar-refractivity contribution < 1.29 is 18.7 Å². The van der Waals surface area contributed by atoms with Crippen molar-refractivity contribution in [2.45, 2.75) is 6.42 Å². The van der Waals surface area contributed by atoms with Gasteiger partial charge in [0.2, 0.25) is 5.91 Å². The molecule has 1 amide bonds. The van der Waals surface area contributed by atoms with Crippen LogP contribution in [0.25, 0.3) is 0 Å². The van der Waals surface area contributed by atoms with Crippen LogP contribution in [-0.4, -0.2) is 37.5 Å². The summed E-state index contributed by atoms with van der Waals surface area (Å²) in [6, 6.07) is 3.45. The molecule has 0 aliphatic rings. The molecule has 5 nitrogen and oxygen atoms in total. The molecule has 0 radical (unpaired) electrons. The lowest BCUT2D eigenvalue weighted by Gasteiger charge is -2.10. The van der Waals surface area contributed by atoms with Crippen molar-refractivity contribution in [3.8, 4) is 0 Å². The Hall–Kier alpha value is -2.11.